The maximum atomic E-state index is 12.1. The Morgan fingerprint density at radius 1 is 1.17 bits per heavy atom. The lowest BCUT2D eigenvalue weighted by Crippen LogP contribution is -2.45. The molecule has 0 aliphatic heterocycles. The lowest BCUT2D eigenvalue weighted by Gasteiger charge is -2.35. The van der Waals surface area contributed by atoms with Gasteiger partial charge >= 0.3 is 0 Å². The Morgan fingerprint density at radius 3 is 2.28 bits per heavy atom. The first-order valence-electron chi connectivity index (χ1n) is 6.68. The van der Waals surface area contributed by atoms with E-state index >= 15 is 0 Å². The molecule has 0 bridgehead atoms. The van der Waals surface area contributed by atoms with Crippen molar-refractivity contribution in [2.75, 3.05) is 0 Å². The molecule has 1 aromatic carbocycles. The predicted molar refractivity (Wildman–Crippen MR) is 71.5 cm³/mol. The number of carbonyl (C=O) groups is 1. The largest absolute Gasteiger partial charge is 0.508 e. The molecular weight excluding hydrogens is 226 g/mol. The molecule has 1 aromatic rings. The van der Waals surface area contributed by atoms with Gasteiger partial charge in [-0.15, -0.1) is 0 Å². The number of nitrogens with one attached hydrogen (secondary N) is 1. The summed E-state index contributed by atoms with van der Waals surface area (Å²) in [5.41, 5.74) is 0.609. The van der Waals surface area contributed by atoms with Gasteiger partial charge in [-0.2, -0.15) is 0 Å². The zero-order chi connectivity index (χ0) is 13.1. The summed E-state index contributed by atoms with van der Waals surface area (Å²) in [6.07, 6.45) is 3.63. The summed E-state index contributed by atoms with van der Waals surface area (Å²) < 4.78 is 0. The van der Waals surface area contributed by atoms with Crippen molar-refractivity contribution in [3.63, 3.8) is 0 Å². The van der Waals surface area contributed by atoms with Crippen LogP contribution in [0.4, 0.5) is 0 Å². The van der Waals surface area contributed by atoms with Gasteiger partial charge in [0.25, 0.3) is 5.91 Å². The Balaban J connectivity index is 2.04. The second-order valence-electron chi connectivity index (χ2n) is 5.43. The number of rotatable bonds is 2. The normalized spacial score (nSPS) is 27.8. The van der Waals surface area contributed by atoms with Crippen LogP contribution in [0.5, 0.6) is 5.75 Å². The molecule has 0 radical (unpaired) electrons. The molecule has 2 N–H and O–H groups in total. The molecule has 1 amide bonds. The van der Waals surface area contributed by atoms with Crippen molar-refractivity contribution < 1.29 is 9.90 Å². The smallest absolute Gasteiger partial charge is 0.251 e. The maximum Gasteiger partial charge on any atom is 0.251 e. The fraction of sp³-hybridized carbons (Fsp3) is 0.533. The summed E-state index contributed by atoms with van der Waals surface area (Å²) >= 11 is 0. The molecule has 2 atom stereocenters. The lowest BCUT2D eigenvalue weighted by atomic mass is 9.78. The van der Waals surface area contributed by atoms with Crippen molar-refractivity contribution in [2.45, 2.75) is 39.2 Å². The molecule has 2 rings (SSSR count). The fourth-order valence-electron chi connectivity index (χ4n) is 2.81. The monoisotopic (exact) mass is 247 g/mol. The van der Waals surface area contributed by atoms with Crippen LogP contribution in [-0.4, -0.2) is 17.1 Å². The van der Waals surface area contributed by atoms with Gasteiger partial charge in [-0.25, -0.2) is 0 Å². The second kappa shape index (κ2) is 5.42. The number of hydrogen-bond donors (Lipinski definition) is 2. The van der Waals surface area contributed by atoms with Gasteiger partial charge in [-0.3, -0.25) is 4.79 Å². The van der Waals surface area contributed by atoms with Crippen LogP contribution in [0.15, 0.2) is 24.3 Å². The number of phenolic OH excluding ortho intramolecular Hbond substituents is 1. The van der Waals surface area contributed by atoms with Crippen LogP contribution in [0.1, 0.15) is 43.5 Å². The van der Waals surface area contributed by atoms with Crippen molar-refractivity contribution in [1.29, 1.82) is 0 Å². The zero-order valence-corrected chi connectivity index (χ0v) is 11.0. The van der Waals surface area contributed by atoms with Gasteiger partial charge in [0.2, 0.25) is 0 Å². The van der Waals surface area contributed by atoms with E-state index in [0.29, 0.717) is 17.4 Å². The zero-order valence-electron chi connectivity index (χ0n) is 11.0. The van der Waals surface area contributed by atoms with Crippen LogP contribution in [0.3, 0.4) is 0 Å². The van der Waals surface area contributed by atoms with E-state index in [4.69, 9.17) is 0 Å². The van der Waals surface area contributed by atoms with Crippen LogP contribution >= 0.6 is 0 Å². The highest BCUT2D eigenvalue weighted by molar-refractivity contribution is 5.94. The highest BCUT2D eigenvalue weighted by Crippen LogP contribution is 2.29. The molecule has 1 aliphatic rings. The quantitative estimate of drug-likeness (QED) is 0.844. The molecule has 98 valence electrons. The van der Waals surface area contributed by atoms with E-state index in [1.54, 1.807) is 24.3 Å². The van der Waals surface area contributed by atoms with E-state index in [0.717, 1.165) is 0 Å². The Labute approximate surface area is 108 Å². The molecule has 0 aromatic heterocycles. The molecule has 3 heteroatoms. The van der Waals surface area contributed by atoms with E-state index in [-0.39, 0.29) is 17.7 Å². The lowest BCUT2D eigenvalue weighted by molar-refractivity contribution is 0.0880. The molecular formula is C15H21NO2. The number of carbonyl (C=O) groups excluding carboxylic acids is 1. The van der Waals surface area contributed by atoms with Gasteiger partial charge < -0.3 is 10.4 Å². The first-order valence-corrected chi connectivity index (χ1v) is 6.68. The molecule has 2 unspecified atom stereocenters. The highest BCUT2D eigenvalue weighted by atomic mass is 16.3. The second-order valence-corrected chi connectivity index (χ2v) is 5.43. The Morgan fingerprint density at radius 2 is 1.72 bits per heavy atom. The van der Waals surface area contributed by atoms with Crippen molar-refractivity contribution >= 4 is 5.91 Å². The standard InChI is InChI=1S/C15H21NO2/c1-10-4-3-5-11(2)14(10)16-15(18)12-6-8-13(17)9-7-12/h6-11,14,17H,3-5H2,1-2H3,(H,16,18). The van der Waals surface area contributed by atoms with Gasteiger partial charge in [0.05, 0.1) is 0 Å². The van der Waals surface area contributed by atoms with Crippen LogP contribution in [0.25, 0.3) is 0 Å². The summed E-state index contributed by atoms with van der Waals surface area (Å²) in [4.78, 5) is 12.1. The molecule has 3 nitrogen and oxygen atoms in total. The van der Waals surface area contributed by atoms with E-state index in [1.807, 2.05) is 0 Å². The third-order valence-electron chi connectivity index (χ3n) is 3.97. The number of benzene rings is 1. The fourth-order valence-corrected chi connectivity index (χ4v) is 2.81. The van der Waals surface area contributed by atoms with Crippen molar-refractivity contribution in [3.8, 4) is 5.75 Å². The maximum absolute atomic E-state index is 12.1. The molecule has 1 aliphatic carbocycles. The van der Waals surface area contributed by atoms with Crippen LogP contribution in [0.2, 0.25) is 0 Å². The van der Waals surface area contributed by atoms with Crippen molar-refractivity contribution in [2.24, 2.45) is 11.8 Å². The summed E-state index contributed by atoms with van der Waals surface area (Å²) in [5.74, 6) is 1.22. The summed E-state index contributed by atoms with van der Waals surface area (Å²) in [7, 11) is 0. The Hall–Kier alpha value is -1.51. The number of amides is 1. The van der Waals surface area contributed by atoms with Crippen LogP contribution in [-0.2, 0) is 0 Å². The molecule has 1 saturated carbocycles. The molecule has 0 heterocycles. The van der Waals surface area contributed by atoms with Gasteiger partial charge in [-0.1, -0.05) is 20.3 Å². The van der Waals surface area contributed by atoms with Crippen LogP contribution in [0, 0.1) is 11.8 Å². The van der Waals surface area contributed by atoms with Gasteiger partial charge in [0.15, 0.2) is 0 Å². The molecule has 18 heavy (non-hydrogen) atoms. The minimum atomic E-state index is -0.0411. The SMILES string of the molecule is CC1CCCC(C)C1NC(=O)c1ccc(O)cc1. The van der Waals surface area contributed by atoms with Crippen molar-refractivity contribution in [1.82, 2.24) is 5.32 Å². The summed E-state index contributed by atoms with van der Waals surface area (Å²) in [6.45, 7) is 4.41. The van der Waals surface area contributed by atoms with E-state index < -0.39 is 0 Å². The number of aromatic hydroxyl groups is 1. The summed E-state index contributed by atoms with van der Waals surface area (Å²) in [5, 5.41) is 12.3. The van der Waals surface area contributed by atoms with E-state index in [1.165, 1.54) is 19.3 Å². The minimum Gasteiger partial charge on any atom is -0.508 e. The topological polar surface area (TPSA) is 49.3 Å². The number of hydrogen-bond acceptors (Lipinski definition) is 2. The minimum absolute atomic E-state index is 0.0411. The predicted octanol–water partition coefficient (Wildman–Crippen LogP) is 2.95. The summed E-state index contributed by atoms with van der Waals surface area (Å²) in [6, 6.07) is 6.66. The Kier molecular flexibility index (Phi) is 3.90. The van der Waals surface area contributed by atoms with E-state index in [2.05, 4.69) is 19.2 Å². The molecule has 1 fully saturated rings. The third kappa shape index (κ3) is 2.84. The average molecular weight is 247 g/mol. The first kappa shape index (κ1) is 12.9. The van der Waals surface area contributed by atoms with Gasteiger partial charge in [0.1, 0.15) is 5.75 Å². The number of phenols is 1. The third-order valence-corrected chi connectivity index (χ3v) is 3.97. The van der Waals surface area contributed by atoms with Gasteiger partial charge in [-0.05, 0) is 48.9 Å². The highest BCUT2D eigenvalue weighted by Gasteiger charge is 2.29. The van der Waals surface area contributed by atoms with Gasteiger partial charge in [0, 0.05) is 11.6 Å². The molecule has 0 spiro atoms. The van der Waals surface area contributed by atoms with Crippen molar-refractivity contribution in [3.05, 3.63) is 29.8 Å². The average Bonchev–Trinajstić information content (AvgIpc) is 2.34. The van der Waals surface area contributed by atoms with Crippen LogP contribution < -0.4 is 5.32 Å². The van der Waals surface area contributed by atoms with E-state index in [9.17, 15) is 9.90 Å². The molecule has 0 saturated heterocycles. The first-order chi connectivity index (χ1) is 8.58. The Bertz CT molecular complexity index is 403.